The molecule has 1 saturated heterocycles. The van der Waals surface area contributed by atoms with Gasteiger partial charge in [-0.15, -0.1) is 12.4 Å². The fourth-order valence-corrected chi connectivity index (χ4v) is 3.87. The van der Waals surface area contributed by atoms with E-state index in [2.05, 4.69) is 28.8 Å². The topological polar surface area (TPSA) is 45.7 Å². The average molecular weight is 426 g/mol. The maximum Gasteiger partial charge on any atom is 0.196 e. The Morgan fingerprint density at radius 1 is 1.07 bits per heavy atom. The number of methoxy groups -OCH3 is 1. The van der Waals surface area contributed by atoms with E-state index >= 15 is 0 Å². The Bertz CT molecular complexity index is 1030. The summed E-state index contributed by atoms with van der Waals surface area (Å²) in [6.07, 6.45) is 2.69. The molecule has 0 N–H and O–H groups in total. The van der Waals surface area contributed by atoms with Crippen LogP contribution in [-0.4, -0.2) is 56.0 Å². The second-order valence-electron chi connectivity index (χ2n) is 7.57. The van der Waals surface area contributed by atoms with Crippen LogP contribution in [0.5, 0.6) is 5.75 Å². The van der Waals surface area contributed by atoms with E-state index in [0.29, 0.717) is 11.1 Å². The third kappa shape index (κ3) is 4.27. The number of aryl methyl sites for hydroxylation is 1. The van der Waals surface area contributed by atoms with Gasteiger partial charge in [0, 0.05) is 43.3 Å². The predicted molar refractivity (Wildman–Crippen MR) is 125 cm³/mol. The lowest BCUT2D eigenvalue weighted by molar-refractivity contribution is 0.103. The molecule has 4 rings (SSSR count). The number of pyridine rings is 1. The molecule has 0 bridgehead atoms. The summed E-state index contributed by atoms with van der Waals surface area (Å²) in [6, 6.07) is 13.8. The summed E-state index contributed by atoms with van der Waals surface area (Å²) in [5.41, 5.74) is 4.41. The lowest BCUT2D eigenvalue weighted by Gasteiger charge is -2.35. The number of rotatable bonds is 5. The van der Waals surface area contributed by atoms with Gasteiger partial charge in [-0.2, -0.15) is 0 Å². The molecular weight excluding hydrogens is 398 g/mol. The lowest BCUT2D eigenvalue weighted by atomic mass is 9.98. The minimum Gasteiger partial charge on any atom is -0.497 e. The first kappa shape index (κ1) is 22.1. The number of likely N-dealkylation sites (N-methyl/N-ethyl adjacent to an activating group) is 1. The molecule has 5 nitrogen and oxygen atoms in total. The number of fused-ring (bicyclic) bond motifs is 1. The minimum atomic E-state index is 0. The molecule has 0 spiro atoms. The fraction of sp³-hybridized carbons (Fsp3) is 0.333. The summed E-state index contributed by atoms with van der Waals surface area (Å²) < 4.78 is 5.45. The number of ketones is 1. The molecule has 0 radical (unpaired) electrons. The highest BCUT2D eigenvalue weighted by Crippen LogP contribution is 2.34. The summed E-state index contributed by atoms with van der Waals surface area (Å²) in [6.45, 7) is 5.80. The van der Waals surface area contributed by atoms with Gasteiger partial charge in [-0.3, -0.25) is 9.78 Å². The van der Waals surface area contributed by atoms with Gasteiger partial charge < -0.3 is 14.5 Å². The molecule has 0 unspecified atom stereocenters. The van der Waals surface area contributed by atoms with Gasteiger partial charge >= 0.3 is 0 Å². The molecule has 2 heterocycles. The van der Waals surface area contributed by atoms with Crippen LogP contribution in [0.25, 0.3) is 10.9 Å². The van der Waals surface area contributed by atoms with Crippen molar-refractivity contribution in [3.63, 3.8) is 0 Å². The zero-order valence-corrected chi connectivity index (χ0v) is 18.5. The van der Waals surface area contributed by atoms with Gasteiger partial charge in [-0.25, -0.2) is 0 Å². The van der Waals surface area contributed by atoms with Gasteiger partial charge in [0.25, 0.3) is 0 Å². The van der Waals surface area contributed by atoms with Crippen molar-refractivity contribution in [1.82, 2.24) is 9.88 Å². The zero-order chi connectivity index (χ0) is 20.4. The molecule has 0 atom stereocenters. The van der Waals surface area contributed by atoms with Crippen LogP contribution in [-0.2, 0) is 6.42 Å². The largest absolute Gasteiger partial charge is 0.497 e. The Balaban J connectivity index is 0.00000256. The number of ether oxygens (including phenoxy) is 1. The minimum absolute atomic E-state index is 0. The van der Waals surface area contributed by atoms with Crippen molar-refractivity contribution in [2.24, 2.45) is 0 Å². The Labute approximate surface area is 184 Å². The van der Waals surface area contributed by atoms with Crippen molar-refractivity contribution in [2.75, 3.05) is 45.2 Å². The molecule has 0 saturated carbocycles. The van der Waals surface area contributed by atoms with Gasteiger partial charge in [0.2, 0.25) is 0 Å². The second-order valence-corrected chi connectivity index (χ2v) is 7.57. The predicted octanol–water partition coefficient (Wildman–Crippen LogP) is 4.21. The summed E-state index contributed by atoms with van der Waals surface area (Å²) in [7, 11) is 3.79. The first-order valence-electron chi connectivity index (χ1n) is 10.1. The Morgan fingerprint density at radius 2 is 1.77 bits per heavy atom. The van der Waals surface area contributed by atoms with Crippen molar-refractivity contribution in [1.29, 1.82) is 0 Å². The number of hydrogen-bond donors (Lipinski definition) is 0. The maximum absolute atomic E-state index is 13.5. The van der Waals surface area contributed by atoms with E-state index in [0.717, 1.165) is 54.9 Å². The van der Waals surface area contributed by atoms with Crippen molar-refractivity contribution < 1.29 is 9.53 Å². The van der Waals surface area contributed by atoms with Crippen LogP contribution in [0.2, 0.25) is 0 Å². The van der Waals surface area contributed by atoms with Crippen LogP contribution in [0, 0.1) is 0 Å². The quantitative estimate of drug-likeness (QED) is 0.573. The van der Waals surface area contributed by atoms with Crippen molar-refractivity contribution in [2.45, 2.75) is 13.3 Å². The van der Waals surface area contributed by atoms with Crippen LogP contribution in [0.3, 0.4) is 0 Å². The maximum atomic E-state index is 13.5. The molecular formula is C24H28ClN3O2. The normalized spacial score (nSPS) is 14.4. The number of carbonyl (C=O) groups is 1. The molecule has 0 amide bonds. The third-order valence-corrected chi connectivity index (χ3v) is 5.74. The Hall–Kier alpha value is -2.63. The van der Waals surface area contributed by atoms with E-state index in [-0.39, 0.29) is 18.2 Å². The highest BCUT2D eigenvalue weighted by molar-refractivity contribution is 6.16. The average Bonchev–Trinajstić information content (AvgIpc) is 2.78. The molecule has 2 aromatic carbocycles. The Morgan fingerprint density at radius 3 is 2.40 bits per heavy atom. The van der Waals surface area contributed by atoms with E-state index in [1.807, 2.05) is 42.5 Å². The molecule has 30 heavy (non-hydrogen) atoms. The molecule has 0 aliphatic carbocycles. The summed E-state index contributed by atoms with van der Waals surface area (Å²) in [4.78, 5) is 22.7. The highest BCUT2D eigenvalue weighted by atomic mass is 35.5. The van der Waals surface area contributed by atoms with Crippen molar-refractivity contribution >= 4 is 34.8 Å². The lowest BCUT2D eigenvalue weighted by Crippen LogP contribution is -2.45. The summed E-state index contributed by atoms with van der Waals surface area (Å²) in [5.74, 6) is 0.783. The summed E-state index contributed by atoms with van der Waals surface area (Å²) in [5, 5.41) is 0.963. The smallest absolute Gasteiger partial charge is 0.196 e. The Kier molecular flexibility index (Phi) is 6.95. The van der Waals surface area contributed by atoms with Crippen molar-refractivity contribution in [3.8, 4) is 5.75 Å². The van der Waals surface area contributed by atoms with Crippen LogP contribution < -0.4 is 9.64 Å². The zero-order valence-electron chi connectivity index (χ0n) is 17.7. The SMILES string of the molecule is CCc1ccc(C(=O)c2cnc3ccc(OC)cc3c2N2CCN(C)CC2)cc1.Cl. The van der Waals surface area contributed by atoms with E-state index in [1.165, 1.54) is 5.56 Å². The van der Waals surface area contributed by atoms with E-state index in [9.17, 15) is 4.79 Å². The number of anilines is 1. The number of benzene rings is 2. The number of carbonyl (C=O) groups excluding carboxylic acids is 1. The van der Waals surface area contributed by atoms with E-state index in [1.54, 1.807) is 13.3 Å². The molecule has 1 fully saturated rings. The fourth-order valence-electron chi connectivity index (χ4n) is 3.87. The number of halogens is 1. The molecule has 158 valence electrons. The van der Waals surface area contributed by atoms with Gasteiger partial charge in [-0.05, 0) is 37.2 Å². The molecule has 6 heteroatoms. The standard InChI is InChI=1S/C24H27N3O2.ClH/c1-4-17-5-7-18(8-6-17)24(28)21-16-25-22-10-9-19(29-3)15-20(22)23(21)27-13-11-26(2)12-14-27;/h5-10,15-16H,4,11-14H2,1-3H3;1H. The van der Waals surface area contributed by atoms with Gasteiger partial charge in [0.1, 0.15) is 5.75 Å². The van der Waals surface area contributed by atoms with Gasteiger partial charge in [0.05, 0.1) is 23.9 Å². The number of nitrogens with zero attached hydrogens (tertiary/aromatic N) is 3. The number of piperazine rings is 1. The number of aromatic nitrogens is 1. The van der Waals surface area contributed by atoms with Crippen LogP contribution >= 0.6 is 12.4 Å². The van der Waals surface area contributed by atoms with Crippen LogP contribution in [0.1, 0.15) is 28.4 Å². The number of hydrogen-bond acceptors (Lipinski definition) is 5. The monoisotopic (exact) mass is 425 g/mol. The second kappa shape index (κ2) is 9.45. The molecule has 3 aromatic rings. The van der Waals surface area contributed by atoms with Gasteiger partial charge in [0.15, 0.2) is 5.78 Å². The first-order chi connectivity index (χ1) is 14.1. The molecule has 1 aromatic heterocycles. The first-order valence-corrected chi connectivity index (χ1v) is 10.1. The van der Waals surface area contributed by atoms with E-state index in [4.69, 9.17) is 4.74 Å². The van der Waals surface area contributed by atoms with Crippen molar-refractivity contribution in [3.05, 3.63) is 65.4 Å². The molecule has 1 aliphatic heterocycles. The molecule has 1 aliphatic rings. The third-order valence-electron chi connectivity index (χ3n) is 5.74. The van der Waals surface area contributed by atoms with Crippen LogP contribution in [0.4, 0.5) is 5.69 Å². The van der Waals surface area contributed by atoms with Crippen LogP contribution in [0.15, 0.2) is 48.7 Å². The van der Waals surface area contributed by atoms with E-state index < -0.39 is 0 Å². The van der Waals surface area contributed by atoms with Gasteiger partial charge in [-0.1, -0.05) is 31.2 Å². The highest BCUT2D eigenvalue weighted by Gasteiger charge is 2.24. The summed E-state index contributed by atoms with van der Waals surface area (Å²) >= 11 is 0.